The summed E-state index contributed by atoms with van der Waals surface area (Å²) in [6.07, 6.45) is 9.60. The van der Waals surface area contributed by atoms with Gasteiger partial charge in [0, 0.05) is 48.0 Å². The molecule has 1 spiro atoms. The molecule has 1 aromatic carbocycles. The van der Waals surface area contributed by atoms with Gasteiger partial charge in [0.05, 0.1) is 27.5 Å². The van der Waals surface area contributed by atoms with Gasteiger partial charge < -0.3 is 15.2 Å². The van der Waals surface area contributed by atoms with Crippen molar-refractivity contribution >= 4 is 51.8 Å². The molecule has 3 aromatic rings. The second-order valence-electron chi connectivity index (χ2n) is 11.1. The molecule has 2 aliphatic rings. The van der Waals surface area contributed by atoms with E-state index in [1.165, 1.54) is 25.7 Å². The Morgan fingerprint density at radius 1 is 1.17 bits per heavy atom. The molecule has 3 heterocycles. The summed E-state index contributed by atoms with van der Waals surface area (Å²) >= 11 is 11.8. The van der Waals surface area contributed by atoms with Gasteiger partial charge >= 0.3 is 0 Å². The first-order chi connectivity index (χ1) is 17.0. The van der Waals surface area contributed by atoms with Crippen LogP contribution in [-0.4, -0.2) is 42.8 Å². The van der Waals surface area contributed by atoms with Crippen molar-refractivity contribution in [2.75, 3.05) is 23.7 Å². The summed E-state index contributed by atoms with van der Waals surface area (Å²) in [5.41, 5.74) is 9.76. The van der Waals surface area contributed by atoms with Crippen molar-refractivity contribution in [3.63, 3.8) is 0 Å². The zero-order valence-electron chi connectivity index (χ0n) is 21.3. The number of hydrogen-bond donors (Lipinski definition) is 2. The summed E-state index contributed by atoms with van der Waals surface area (Å²) in [5, 5.41) is 0.732. The fourth-order valence-corrected chi connectivity index (χ4v) is 7.10. The minimum atomic E-state index is -1.14. The number of anilines is 2. The molecule has 1 aliphatic heterocycles. The highest BCUT2D eigenvalue weighted by molar-refractivity contribution is 7.90. The Labute approximate surface area is 226 Å². The molecule has 1 aliphatic carbocycles. The van der Waals surface area contributed by atoms with Crippen molar-refractivity contribution in [3.8, 4) is 11.1 Å². The van der Waals surface area contributed by atoms with Gasteiger partial charge in [-0.2, -0.15) is 0 Å². The first-order valence-corrected chi connectivity index (χ1v) is 14.4. The van der Waals surface area contributed by atoms with Crippen LogP contribution >= 0.6 is 23.2 Å². The van der Waals surface area contributed by atoms with E-state index in [1.54, 1.807) is 12.3 Å². The van der Waals surface area contributed by atoms with Crippen LogP contribution in [0.1, 0.15) is 58.6 Å². The molecule has 10 heteroatoms. The quantitative estimate of drug-likeness (QED) is 0.316. The number of nitrogens with zero attached hydrogens (tertiary/aromatic N) is 4. The van der Waals surface area contributed by atoms with Crippen molar-refractivity contribution in [1.29, 1.82) is 0 Å². The Kier molecular flexibility index (Phi) is 6.88. The summed E-state index contributed by atoms with van der Waals surface area (Å²) in [7, 11) is 0. The van der Waals surface area contributed by atoms with Crippen LogP contribution < -0.4 is 15.4 Å². The molecule has 194 valence electrons. The van der Waals surface area contributed by atoms with E-state index in [9.17, 15) is 4.55 Å². The number of hydrogen-bond acceptors (Lipinski definition) is 6. The van der Waals surface area contributed by atoms with Gasteiger partial charge in [-0.15, -0.1) is 4.72 Å². The molecule has 0 radical (unpaired) electrons. The van der Waals surface area contributed by atoms with Gasteiger partial charge in [0.2, 0.25) is 5.95 Å². The Balaban J connectivity index is 1.54. The summed E-state index contributed by atoms with van der Waals surface area (Å²) in [6, 6.07) is 3.75. The molecule has 1 saturated heterocycles. The minimum absolute atomic E-state index is 0.125. The predicted octanol–water partition coefficient (Wildman–Crippen LogP) is 5.78. The molecule has 2 fully saturated rings. The van der Waals surface area contributed by atoms with Crippen LogP contribution in [0.25, 0.3) is 16.8 Å². The van der Waals surface area contributed by atoms with Crippen molar-refractivity contribution < 1.29 is 4.55 Å². The average Bonchev–Trinajstić information content (AvgIpc) is 3.49. The zero-order chi connectivity index (χ0) is 25.8. The van der Waals surface area contributed by atoms with Gasteiger partial charge in [0.25, 0.3) is 0 Å². The fraction of sp³-hybridized carbons (Fsp3) is 0.538. The smallest absolute Gasteiger partial charge is 0.211 e. The van der Waals surface area contributed by atoms with Gasteiger partial charge in [0.1, 0.15) is 10.4 Å². The van der Waals surface area contributed by atoms with Crippen LogP contribution in [0.4, 0.5) is 11.6 Å². The SMILES string of the molecule is Cc1nc(N2CCC3(CCCC3)C(N[S+]([O-])C(C)(C)C)C2)n2ccnc2c1-c1ccc(N)c(Cl)c1Cl. The van der Waals surface area contributed by atoms with Crippen LogP contribution in [0.5, 0.6) is 0 Å². The zero-order valence-corrected chi connectivity index (χ0v) is 23.6. The second-order valence-corrected chi connectivity index (χ2v) is 13.9. The topological polar surface area (TPSA) is 94.5 Å². The van der Waals surface area contributed by atoms with E-state index in [0.29, 0.717) is 15.7 Å². The van der Waals surface area contributed by atoms with E-state index >= 15 is 0 Å². The summed E-state index contributed by atoms with van der Waals surface area (Å²) in [4.78, 5) is 12.0. The van der Waals surface area contributed by atoms with E-state index in [-0.39, 0.29) is 16.2 Å². The third-order valence-electron chi connectivity index (χ3n) is 7.80. The molecule has 36 heavy (non-hydrogen) atoms. The van der Waals surface area contributed by atoms with E-state index in [4.69, 9.17) is 33.9 Å². The summed E-state index contributed by atoms with van der Waals surface area (Å²) in [6.45, 7) is 9.67. The molecule has 7 nitrogen and oxygen atoms in total. The first kappa shape index (κ1) is 25.9. The van der Waals surface area contributed by atoms with E-state index in [1.807, 2.05) is 44.4 Å². The van der Waals surface area contributed by atoms with Gasteiger partial charge in [-0.3, -0.25) is 4.40 Å². The molecule has 3 N–H and O–H groups in total. The molecular weight excluding hydrogens is 515 g/mol. The van der Waals surface area contributed by atoms with E-state index < -0.39 is 11.4 Å². The highest BCUT2D eigenvalue weighted by atomic mass is 35.5. The summed E-state index contributed by atoms with van der Waals surface area (Å²) in [5.74, 6) is 0.836. The van der Waals surface area contributed by atoms with Crippen LogP contribution in [0.15, 0.2) is 24.5 Å². The monoisotopic (exact) mass is 548 g/mol. The lowest BCUT2D eigenvalue weighted by molar-refractivity contribution is 0.174. The molecule has 2 aromatic heterocycles. The van der Waals surface area contributed by atoms with Crippen molar-refractivity contribution in [2.24, 2.45) is 5.41 Å². The number of rotatable bonds is 4. The maximum absolute atomic E-state index is 13.1. The maximum atomic E-state index is 13.1. The molecular formula is C26H34Cl2N6OS. The third kappa shape index (κ3) is 4.45. The lowest BCUT2D eigenvalue weighted by atomic mass is 9.73. The number of benzene rings is 1. The first-order valence-electron chi connectivity index (χ1n) is 12.5. The lowest BCUT2D eigenvalue weighted by Gasteiger charge is -2.47. The number of fused-ring (bicyclic) bond motifs is 1. The largest absolute Gasteiger partial charge is 0.598 e. The minimum Gasteiger partial charge on any atom is -0.598 e. The number of halogens is 2. The highest BCUT2D eigenvalue weighted by Gasteiger charge is 2.48. The third-order valence-corrected chi connectivity index (χ3v) is 10.3. The van der Waals surface area contributed by atoms with Crippen molar-refractivity contribution in [2.45, 2.75) is 70.6 Å². The summed E-state index contributed by atoms with van der Waals surface area (Å²) < 4.78 is 18.4. The van der Waals surface area contributed by atoms with Crippen LogP contribution in [-0.2, 0) is 11.4 Å². The lowest BCUT2D eigenvalue weighted by Crippen LogP contribution is -2.60. The molecule has 2 atom stereocenters. The maximum Gasteiger partial charge on any atom is 0.211 e. The number of nitrogens with two attached hydrogens (primary N) is 1. The number of nitrogen functional groups attached to an aromatic ring is 1. The predicted molar refractivity (Wildman–Crippen MR) is 150 cm³/mol. The Morgan fingerprint density at radius 2 is 1.89 bits per heavy atom. The molecule has 2 unspecified atom stereocenters. The highest BCUT2D eigenvalue weighted by Crippen LogP contribution is 2.48. The molecule has 0 bridgehead atoms. The van der Waals surface area contributed by atoms with Crippen LogP contribution in [0, 0.1) is 12.3 Å². The number of imidazole rings is 1. The van der Waals surface area contributed by atoms with Crippen molar-refractivity contribution in [3.05, 3.63) is 40.3 Å². The standard InChI is InChI=1S/C26H34Cl2N6OS/c1-16-20(17-7-8-18(29)22(28)21(17)27)23-30-12-14-34(23)24(31-16)33-13-11-26(9-5-6-10-26)19(15-33)32-36(35)25(2,3)4/h7-8,12,14,19,32H,5-6,9-11,13,15,29H2,1-4H3. The molecule has 1 saturated carbocycles. The van der Waals surface area contributed by atoms with Gasteiger partial charge in [0.15, 0.2) is 0 Å². The Bertz CT molecular complexity index is 1280. The Hall–Kier alpha value is -1.71. The van der Waals surface area contributed by atoms with E-state index in [2.05, 4.69) is 14.6 Å². The van der Waals surface area contributed by atoms with Crippen molar-refractivity contribution in [1.82, 2.24) is 19.1 Å². The second kappa shape index (κ2) is 9.55. The number of nitrogens with one attached hydrogen (secondary N) is 1. The number of aryl methyl sites for hydroxylation is 1. The van der Waals surface area contributed by atoms with Gasteiger partial charge in [-0.1, -0.05) is 42.1 Å². The number of piperidine rings is 1. The van der Waals surface area contributed by atoms with Crippen LogP contribution in [0.3, 0.4) is 0 Å². The van der Waals surface area contributed by atoms with Crippen LogP contribution in [0.2, 0.25) is 10.0 Å². The molecule has 5 rings (SSSR count). The van der Waals surface area contributed by atoms with Gasteiger partial charge in [-0.05, 0) is 58.4 Å². The average molecular weight is 550 g/mol. The number of aromatic nitrogens is 3. The molecule has 0 amide bonds. The Morgan fingerprint density at radius 3 is 2.58 bits per heavy atom. The van der Waals surface area contributed by atoms with Gasteiger partial charge in [-0.25, -0.2) is 9.97 Å². The normalized spacial score (nSPS) is 21.0. The van der Waals surface area contributed by atoms with E-state index in [0.717, 1.165) is 47.9 Å². The fourth-order valence-electron chi connectivity index (χ4n) is 5.73.